The Kier molecular flexibility index (Phi) is 21.9. The van der Waals surface area contributed by atoms with Crippen LogP contribution in [-0.2, 0) is 0 Å². The molecule has 0 aliphatic heterocycles. The van der Waals surface area contributed by atoms with Crippen LogP contribution in [0.1, 0.15) is 196 Å². The van der Waals surface area contributed by atoms with Gasteiger partial charge in [-0.15, -0.1) is 0 Å². The maximum Gasteiger partial charge on any atom is 0.169 e. The van der Waals surface area contributed by atoms with Crippen molar-refractivity contribution in [3.63, 3.8) is 0 Å². The van der Waals surface area contributed by atoms with Gasteiger partial charge in [-0.05, 0) is 176 Å². The molecule has 6 heteroatoms. The van der Waals surface area contributed by atoms with Crippen molar-refractivity contribution in [2.24, 2.45) is 0 Å². The lowest BCUT2D eigenvalue weighted by atomic mass is 9.93. The number of fused-ring (bicyclic) bond motifs is 9. The Morgan fingerprint density at radius 1 is 0.179 bits per heavy atom. The maximum atomic E-state index is 7.01. The highest BCUT2D eigenvalue weighted by molar-refractivity contribution is 6.22. The first kappa shape index (κ1) is 60.5. The molecule has 84 heavy (non-hydrogen) atoms. The van der Waals surface area contributed by atoms with E-state index in [-0.39, 0.29) is 0 Å². The number of benzene rings is 9. The molecule has 0 spiro atoms. The third-order valence-electron chi connectivity index (χ3n) is 17.5. The summed E-state index contributed by atoms with van der Waals surface area (Å²) in [7, 11) is 0. The Labute approximate surface area is 501 Å². The van der Waals surface area contributed by atoms with Crippen LogP contribution in [-0.4, -0.2) is 39.6 Å². The van der Waals surface area contributed by atoms with E-state index in [1.165, 1.54) is 77.0 Å². The van der Waals surface area contributed by atoms with Gasteiger partial charge >= 0.3 is 0 Å². The lowest BCUT2D eigenvalue weighted by molar-refractivity contribution is 0.264. The van der Waals surface area contributed by atoms with Crippen molar-refractivity contribution in [1.82, 2.24) is 0 Å². The molecule has 0 aliphatic rings. The highest BCUT2D eigenvalue weighted by Crippen LogP contribution is 2.50. The van der Waals surface area contributed by atoms with Gasteiger partial charge in [-0.1, -0.05) is 194 Å². The van der Waals surface area contributed by atoms with Gasteiger partial charge in [0.1, 0.15) is 0 Å². The van der Waals surface area contributed by atoms with E-state index in [1.807, 2.05) is 0 Å². The standard InChI is InChI=1S/C78H96O6/c1-7-13-19-25-43-79-73-61-37-31-55-49-67(61)68-50-56(32-38-62(68)74(73)80-44-26-20-14-8-2)58-34-40-64-70(52-58)72-54-60(36-42-66(72)78(84-48-30-24-18-12-6)76(64)82-46-28-22-16-10-4)59-35-41-65-71(53-59)69-51-57(55)33-39-63(69)75(81-45-27-21-15-9-3)77(65)83-47-29-23-17-11-5/h31-42,49-54H,7-30,43-48H2,1-6H3. The highest BCUT2D eigenvalue weighted by atomic mass is 16.5. The maximum absolute atomic E-state index is 7.01. The van der Waals surface area contributed by atoms with E-state index in [4.69, 9.17) is 28.4 Å². The number of hydrogen-bond donors (Lipinski definition) is 0. The van der Waals surface area contributed by atoms with Crippen molar-refractivity contribution in [3.05, 3.63) is 109 Å². The summed E-state index contributed by atoms with van der Waals surface area (Å²) in [5, 5.41) is 20.2. The zero-order chi connectivity index (χ0) is 58.0. The first-order valence-electron chi connectivity index (χ1n) is 33.4. The van der Waals surface area contributed by atoms with E-state index >= 15 is 0 Å². The molecule has 0 N–H and O–H groups in total. The van der Waals surface area contributed by atoms with Gasteiger partial charge in [0.05, 0.1) is 39.6 Å². The summed E-state index contributed by atoms with van der Waals surface area (Å²) in [5.41, 5.74) is 0. The first-order chi connectivity index (χ1) is 41.5. The minimum absolute atomic E-state index is 0.642. The van der Waals surface area contributed by atoms with Crippen LogP contribution < -0.4 is 28.4 Å². The Balaban J connectivity index is 1.30. The lowest BCUT2D eigenvalue weighted by Gasteiger charge is -2.20. The van der Waals surface area contributed by atoms with Gasteiger partial charge in [0.25, 0.3) is 0 Å². The van der Waals surface area contributed by atoms with Crippen LogP contribution in [0.15, 0.2) is 109 Å². The van der Waals surface area contributed by atoms with Crippen LogP contribution in [0.25, 0.3) is 97.0 Å². The van der Waals surface area contributed by atoms with Crippen LogP contribution in [0.2, 0.25) is 0 Å². The quantitative estimate of drug-likeness (QED) is 0.0288. The van der Waals surface area contributed by atoms with E-state index in [9.17, 15) is 0 Å². The molecule has 10 aromatic carbocycles. The normalized spacial score (nSPS) is 11.9. The summed E-state index contributed by atoms with van der Waals surface area (Å²) in [6, 6.07) is 42.1. The van der Waals surface area contributed by atoms with E-state index in [2.05, 4.69) is 151 Å². The Morgan fingerprint density at radius 3 is 0.476 bits per heavy atom. The molecule has 444 valence electrons. The van der Waals surface area contributed by atoms with Crippen molar-refractivity contribution < 1.29 is 28.4 Å². The molecule has 0 saturated carbocycles. The van der Waals surface area contributed by atoms with E-state index < -0.39 is 0 Å². The molecule has 6 nitrogen and oxygen atoms in total. The van der Waals surface area contributed by atoms with Gasteiger partial charge in [-0.2, -0.15) is 0 Å². The van der Waals surface area contributed by atoms with E-state index in [1.54, 1.807) is 0 Å². The Bertz CT molecular complexity index is 3160. The van der Waals surface area contributed by atoms with Gasteiger partial charge < -0.3 is 28.4 Å². The molecule has 0 heterocycles. The molecule has 0 unspecified atom stereocenters. The molecule has 0 amide bonds. The fourth-order valence-corrected chi connectivity index (χ4v) is 12.7. The first-order valence-corrected chi connectivity index (χ1v) is 33.4. The summed E-state index contributed by atoms with van der Waals surface area (Å²) >= 11 is 0. The van der Waals surface area contributed by atoms with Crippen molar-refractivity contribution >= 4 is 97.0 Å². The second-order valence-electron chi connectivity index (χ2n) is 24.0. The third-order valence-corrected chi connectivity index (χ3v) is 17.5. The molecular formula is C78H96O6. The second-order valence-corrected chi connectivity index (χ2v) is 24.0. The van der Waals surface area contributed by atoms with Crippen LogP contribution >= 0.6 is 0 Å². The summed E-state index contributed by atoms with van der Waals surface area (Å²) in [5.74, 6) is 5.11. The van der Waals surface area contributed by atoms with Gasteiger partial charge in [0, 0.05) is 32.3 Å². The van der Waals surface area contributed by atoms with E-state index in [0.717, 1.165) is 208 Å². The van der Waals surface area contributed by atoms with Crippen molar-refractivity contribution in [2.45, 2.75) is 196 Å². The van der Waals surface area contributed by atoms with Crippen molar-refractivity contribution in [1.29, 1.82) is 0 Å². The Hall–Kier alpha value is -6.66. The minimum atomic E-state index is 0.642. The predicted molar refractivity (Wildman–Crippen MR) is 362 cm³/mol. The molecule has 0 fully saturated rings. The number of rotatable bonds is 36. The van der Waals surface area contributed by atoms with E-state index in [0.29, 0.717) is 39.6 Å². The fourth-order valence-electron chi connectivity index (χ4n) is 12.7. The van der Waals surface area contributed by atoms with Crippen molar-refractivity contribution in [3.8, 4) is 34.5 Å². The summed E-state index contributed by atoms with van der Waals surface area (Å²) in [6.07, 6.45) is 27.1. The second kappa shape index (κ2) is 30.4. The van der Waals surface area contributed by atoms with Gasteiger partial charge in [-0.3, -0.25) is 0 Å². The number of hydrogen-bond acceptors (Lipinski definition) is 6. The van der Waals surface area contributed by atoms with Gasteiger partial charge in [-0.25, -0.2) is 0 Å². The molecular weight excluding hydrogens is 1030 g/mol. The largest absolute Gasteiger partial charge is 0.489 e. The fraction of sp³-hybridized carbons (Fsp3) is 0.462. The average molecular weight is 1130 g/mol. The molecule has 0 radical (unpaired) electrons. The van der Waals surface area contributed by atoms with Crippen LogP contribution in [0.3, 0.4) is 0 Å². The van der Waals surface area contributed by atoms with Crippen molar-refractivity contribution in [2.75, 3.05) is 39.6 Å². The zero-order valence-corrected chi connectivity index (χ0v) is 52.1. The van der Waals surface area contributed by atoms with Gasteiger partial charge in [0.2, 0.25) is 0 Å². The zero-order valence-electron chi connectivity index (χ0n) is 52.1. The lowest BCUT2D eigenvalue weighted by Crippen LogP contribution is -2.04. The summed E-state index contributed by atoms with van der Waals surface area (Å²) in [6.45, 7) is 17.4. The molecule has 12 bridgehead atoms. The molecule has 0 aromatic heterocycles. The SMILES string of the molecule is CCCCCCOc1c(OCCCCCC)c2ccc3cc2c2cc(ccc12)c1ccc2c(OCCCCCC)c(OCCCCCC)c4ccc(cc4c2c1)c1ccc2c(OCCCCCC)c(OCCCCCC)c4ccc3cc4c2c1. The molecule has 0 atom stereocenters. The van der Waals surface area contributed by atoms with Crippen LogP contribution in [0.4, 0.5) is 0 Å². The van der Waals surface area contributed by atoms with Crippen LogP contribution in [0, 0.1) is 0 Å². The minimum Gasteiger partial charge on any atom is -0.489 e. The number of unbranched alkanes of at least 4 members (excludes halogenated alkanes) is 18. The topological polar surface area (TPSA) is 55.4 Å². The number of ether oxygens (including phenoxy) is 6. The highest BCUT2D eigenvalue weighted by Gasteiger charge is 2.23. The molecule has 0 saturated heterocycles. The molecule has 0 aliphatic carbocycles. The monoisotopic (exact) mass is 1130 g/mol. The molecule has 10 rings (SSSR count). The summed E-state index contributed by atoms with van der Waals surface area (Å²) in [4.78, 5) is 0. The summed E-state index contributed by atoms with van der Waals surface area (Å²) < 4.78 is 42.0. The third kappa shape index (κ3) is 13.9. The molecule has 10 aromatic rings. The van der Waals surface area contributed by atoms with Crippen LogP contribution in [0.5, 0.6) is 34.5 Å². The van der Waals surface area contributed by atoms with Gasteiger partial charge in [0.15, 0.2) is 34.5 Å². The average Bonchev–Trinajstić information content (AvgIpc) is 1.13. The predicted octanol–water partition coefficient (Wildman–Crippen LogP) is 23.8. The smallest absolute Gasteiger partial charge is 0.169 e. The Morgan fingerprint density at radius 2 is 0.333 bits per heavy atom.